The molecule has 0 aromatic carbocycles. The first-order valence-electron chi connectivity index (χ1n) is 10.7. The van der Waals surface area contributed by atoms with E-state index in [0.29, 0.717) is 5.69 Å². The first-order valence-corrected chi connectivity index (χ1v) is 10.7. The normalized spacial score (nSPS) is 13.9. The van der Waals surface area contributed by atoms with Crippen molar-refractivity contribution in [2.75, 3.05) is 13.2 Å². The Morgan fingerprint density at radius 2 is 1.61 bits per heavy atom. The van der Waals surface area contributed by atoms with E-state index in [1.807, 2.05) is 5.32 Å². The number of hydrogen-bond donors (Lipinski definition) is 10. The Kier molecular flexibility index (Phi) is 12.3. The molecule has 4 unspecified atom stereocenters. The largest absolute Gasteiger partial charge is 0.481 e. The van der Waals surface area contributed by atoms with Gasteiger partial charge in [0, 0.05) is 24.9 Å². The van der Waals surface area contributed by atoms with Crippen molar-refractivity contribution < 1.29 is 39.3 Å². The van der Waals surface area contributed by atoms with Gasteiger partial charge in [-0.1, -0.05) is 0 Å². The Hall–Kier alpha value is -4.25. The number of rotatable bonds is 16. The topological polar surface area (TPSA) is 301 Å². The van der Waals surface area contributed by atoms with Gasteiger partial charge in [0.1, 0.15) is 18.1 Å². The minimum absolute atomic E-state index is 0.0710. The fraction of sp³-hybridized carbons (Fsp3) is 0.526. The molecular formula is C19H31N9O8. The van der Waals surface area contributed by atoms with Crippen LogP contribution in [0.1, 0.15) is 25.0 Å². The van der Waals surface area contributed by atoms with Crippen LogP contribution in [0.4, 0.5) is 0 Å². The van der Waals surface area contributed by atoms with Gasteiger partial charge >= 0.3 is 11.9 Å². The van der Waals surface area contributed by atoms with Crippen molar-refractivity contribution in [1.29, 1.82) is 0 Å². The van der Waals surface area contributed by atoms with Crippen LogP contribution in [0.2, 0.25) is 0 Å². The molecule has 3 amide bonds. The molecular weight excluding hydrogens is 482 g/mol. The molecule has 1 heterocycles. The first kappa shape index (κ1) is 29.8. The van der Waals surface area contributed by atoms with E-state index in [2.05, 4.69) is 25.6 Å². The second-order valence-electron chi connectivity index (χ2n) is 7.64. The number of carbonyl (C=O) groups is 5. The molecule has 0 saturated heterocycles. The molecule has 1 aromatic rings. The van der Waals surface area contributed by atoms with Crippen molar-refractivity contribution in [2.45, 2.75) is 49.9 Å². The highest BCUT2D eigenvalue weighted by molar-refractivity contribution is 5.94. The van der Waals surface area contributed by atoms with Crippen LogP contribution in [-0.4, -0.2) is 98.2 Å². The number of aromatic nitrogens is 2. The molecule has 17 heteroatoms. The Balaban J connectivity index is 2.89. The summed E-state index contributed by atoms with van der Waals surface area (Å²) in [7, 11) is 0. The number of imidazole rings is 1. The smallest absolute Gasteiger partial charge is 0.326 e. The number of nitrogens with one attached hydrogen (secondary N) is 4. The number of carboxylic acid groups (broad SMARTS) is 2. The summed E-state index contributed by atoms with van der Waals surface area (Å²) in [4.78, 5) is 70.2. The molecule has 36 heavy (non-hydrogen) atoms. The van der Waals surface area contributed by atoms with Crippen LogP contribution in [0.25, 0.3) is 0 Å². The summed E-state index contributed by atoms with van der Waals surface area (Å²) in [6.45, 7) is -0.768. The van der Waals surface area contributed by atoms with E-state index in [4.69, 9.17) is 27.4 Å². The van der Waals surface area contributed by atoms with Gasteiger partial charge in [0.2, 0.25) is 17.7 Å². The summed E-state index contributed by atoms with van der Waals surface area (Å²) < 4.78 is 0. The van der Waals surface area contributed by atoms with E-state index in [0.717, 1.165) is 0 Å². The van der Waals surface area contributed by atoms with Gasteiger partial charge in [-0.15, -0.1) is 0 Å². The molecule has 0 spiro atoms. The van der Waals surface area contributed by atoms with Crippen molar-refractivity contribution in [1.82, 2.24) is 25.9 Å². The van der Waals surface area contributed by atoms with Crippen molar-refractivity contribution >= 4 is 35.6 Å². The van der Waals surface area contributed by atoms with Gasteiger partial charge in [0.15, 0.2) is 5.96 Å². The van der Waals surface area contributed by atoms with Crippen molar-refractivity contribution in [2.24, 2.45) is 22.2 Å². The summed E-state index contributed by atoms with van der Waals surface area (Å²) in [5, 5.41) is 34.3. The summed E-state index contributed by atoms with van der Waals surface area (Å²) in [5.74, 6) is -6.00. The summed E-state index contributed by atoms with van der Waals surface area (Å²) >= 11 is 0. The number of aliphatic hydroxyl groups excluding tert-OH is 1. The molecule has 1 rings (SSSR count). The van der Waals surface area contributed by atoms with Crippen molar-refractivity contribution in [3.63, 3.8) is 0 Å². The number of hydrogen-bond acceptors (Lipinski definition) is 9. The number of amides is 3. The number of carboxylic acids is 2. The van der Waals surface area contributed by atoms with Gasteiger partial charge < -0.3 is 53.5 Å². The number of guanidine groups is 1. The average Bonchev–Trinajstić information content (AvgIpc) is 3.30. The SMILES string of the molecule is NC(N)=NCCCC(NC(=O)C(CO)NC(=O)C(N)Cc1cnc[nH]1)C(=O)NC(CC(=O)O)C(=O)O. The molecule has 1 aromatic heterocycles. The lowest BCUT2D eigenvalue weighted by Crippen LogP contribution is -2.58. The van der Waals surface area contributed by atoms with Crippen LogP contribution >= 0.6 is 0 Å². The van der Waals surface area contributed by atoms with Crippen LogP contribution in [0.5, 0.6) is 0 Å². The monoisotopic (exact) mass is 513 g/mol. The molecule has 13 N–H and O–H groups in total. The van der Waals surface area contributed by atoms with Gasteiger partial charge in [0.05, 0.1) is 25.4 Å². The van der Waals surface area contributed by atoms with E-state index < -0.39 is 66.9 Å². The highest BCUT2D eigenvalue weighted by atomic mass is 16.4. The van der Waals surface area contributed by atoms with E-state index in [1.54, 1.807) is 0 Å². The zero-order valence-corrected chi connectivity index (χ0v) is 19.2. The third-order valence-corrected chi connectivity index (χ3v) is 4.72. The number of carbonyl (C=O) groups excluding carboxylic acids is 3. The zero-order chi connectivity index (χ0) is 27.3. The van der Waals surface area contributed by atoms with Crippen molar-refractivity contribution in [3.05, 3.63) is 18.2 Å². The molecule has 200 valence electrons. The molecule has 0 bridgehead atoms. The number of aliphatic hydroxyl groups is 1. The second kappa shape index (κ2) is 14.9. The number of aliphatic imine (C=N–C) groups is 1. The Morgan fingerprint density at radius 1 is 1.00 bits per heavy atom. The van der Waals surface area contributed by atoms with Gasteiger partial charge in [-0.25, -0.2) is 9.78 Å². The van der Waals surface area contributed by atoms with Gasteiger partial charge in [-0.05, 0) is 12.8 Å². The molecule has 0 saturated carbocycles. The maximum atomic E-state index is 12.7. The number of nitrogens with two attached hydrogens (primary N) is 3. The van der Waals surface area contributed by atoms with Crippen LogP contribution in [0.3, 0.4) is 0 Å². The molecule has 0 aliphatic rings. The maximum absolute atomic E-state index is 12.7. The van der Waals surface area contributed by atoms with E-state index in [-0.39, 0.29) is 31.8 Å². The summed E-state index contributed by atoms with van der Waals surface area (Å²) in [6, 6.07) is -5.71. The van der Waals surface area contributed by atoms with Gasteiger partial charge in [-0.2, -0.15) is 0 Å². The minimum atomic E-state index is -1.76. The van der Waals surface area contributed by atoms with E-state index in [1.165, 1.54) is 12.5 Å². The predicted molar refractivity (Wildman–Crippen MR) is 123 cm³/mol. The Bertz CT molecular complexity index is 933. The lowest BCUT2D eigenvalue weighted by Gasteiger charge is -2.24. The maximum Gasteiger partial charge on any atom is 0.326 e. The number of nitrogens with zero attached hydrogens (tertiary/aromatic N) is 2. The number of aliphatic carboxylic acids is 2. The fourth-order valence-electron chi connectivity index (χ4n) is 2.89. The first-order chi connectivity index (χ1) is 16.9. The summed E-state index contributed by atoms with van der Waals surface area (Å²) in [6.07, 6.45) is 2.11. The Labute approximate surface area is 204 Å². The predicted octanol–water partition coefficient (Wildman–Crippen LogP) is -4.66. The molecule has 17 nitrogen and oxygen atoms in total. The molecule has 0 radical (unpaired) electrons. The standard InChI is InChI=1S/C19H31N9O8/c20-10(4-9-6-23-8-25-9)15(32)28-13(7-29)17(34)26-11(2-1-3-24-19(21)22)16(33)27-12(18(35)36)5-14(30)31/h6,8,10-13,29H,1-5,7,20H2,(H,23,25)(H,26,34)(H,27,33)(H,28,32)(H,30,31)(H,35,36)(H4,21,22,24). The molecule has 4 atom stereocenters. The van der Waals surface area contributed by atoms with E-state index >= 15 is 0 Å². The summed E-state index contributed by atoms with van der Waals surface area (Å²) in [5.41, 5.74) is 16.9. The van der Waals surface area contributed by atoms with Crippen LogP contribution in [-0.2, 0) is 30.4 Å². The average molecular weight is 514 g/mol. The number of H-pyrrole nitrogens is 1. The van der Waals surface area contributed by atoms with Crippen molar-refractivity contribution in [3.8, 4) is 0 Å². The lowest BCUT2D eigenvalue weighted by atomic mass is 10.1. The lowest BCUT2D eigenvalue weighted by molar-refractivity contribution is -0.147. The molecule has 0 fully saturated rings. The highest BCUT2D eigenvalue weighted by Crippen LogP contribution is 2.03. The molecule has 0 aliphatic heterocycles. The minimum Gasteiger partial charge on any atom is -0.481 e. The fourth-order valence-corrected chi connectivity index (χ4v) is 2.89. The van der Waals surface area contributed by atoms with Gasteiger partial charge in [-0.3, -0.25) is 24.2 Å². The third kappa shape index (κ3) is 10.8. The number of aromatic amines is 1. The van der Waals surface area contributed by atoms with Gasteiger partial charge in [0.25, 0.3) is 0 Å². The third-order valence-electron chi connectivity index (χ3n) is 4.72. The van der Waals surface area contributed by atoms with Crippen LogP contribution in [0, 0.1) is 0 Å². The quantitative estimate of drug-likeness (QED) is 0.0566. The second-order valence-corrected chi connectivity index (χ2v) is 7.64. The Morgan fingerprint density at radius 3 is 2.14 bits per heavy atom. The zero-order valence-electron chi connectivity index (χ0n) is 19.2. The van der Waals surface area contributed by atoms with Crippen LogP contribution < -0.4 is 33.2 Å². The molecule has 0 aliphatic carbocycles. The van der Waals surface area contributed by atoms with E-state index in [9.17, 15) is 29.1 Å². The highest BCUT2D eigenvalue weighted by Gasteiger charge is 2.30. The van der Waals surface area contributed by atoms with Crippen LogP contribution in [0.15, 0.2) is 17.5 Å².